The molecule has 1 unspecified atom stereocenters. The standard InChI is InChI=1S/C30H27F4NO2/c1-15(36)27-20-8-16-10-26(35-13-22(16)28(20)27)37-14-17-9-19-21(12-29(2,3)24(19)11-25(17)31)18-6-4-5-7-23(18)30(32,33)34/h4-7,9-11,13,20-21,27-28H,8,12,14H2,1-3H3/t20-,21?,27-,28+/m0/s1. The predicted octanol–water partition coefficient (Wildman–Crippen LogP) is 7.11. The molecule has 0 saturated heterocycles. The Kier molecular flexibility index (Phi) is 5.31. The van der Waals surface area contributed by atoms with Crippen molar-refractivity contribution in [3.05, 3.63) is 93.4 Å². The van der Waals surface area contributed by atoms with Crippen LogP contribution < -0.4 is 4.74 Å². The number of pyridine rings is 1. The topological polar surface area (TPSA) is 39.2 Å². The average Bonchev–Trinajstić information content (AvgIpc) is 3.33. The van der Waals surface area contributed by atoms with Gasteiger partial charge >= 0.3 is 6.18 Å². The maximum absolute atomic E-state index is 15.2. The van der Waals surface area contributed by atoms with E-state index in [0.717, 1.165) is 29.2 Å². The van der Waals surface area contributed by atoms with Gasteiger partial charge in [-0.2, -0.15) is 13.2 Å². The molecule has 1 saturated carbocycles. The van der Waals surface area contributed by atoms with Crippen molar-refractivity contribution in [3.63, 3.8) is 0 Å². The molecule has 0 aliphatic heterocycles. The number of carbonyl (C=O) groups excluding carboxylic acids is 1. The fourth-order valence-electron chi connectivity index (χ4n) is 6.74. The Morgan fingerprint density at radius 1 is 1.11 bits per heavy atom. The first kappa shape index (κ1) is 24.1. The van der Waals surface area contributed by atoms with E-state index in [1.807, 2.05) is 19.9 Å². The van der Waals surface area contributed by atoms with Crippen molar-refractivity contribution >= 4 is 5.78 Å². The van der Waals surface area contributed by atoms with Gasteiger partial charge in [0.2, 0.25) is 5.88 Å². The summed E-state index contributed by atoms with van der Waals surface area (Å²) in [6.07, 6.45) is -1.45. The Balaban J connectivity index is 1.28. The summed E-state index contributed by atoms with van der Waals surface area (Å²) >= 11 is 0. The second-order valence-electron chi connectivity index (χ2n) is 11.3. The van der Waals surface area contributed by atoms with E-state index in [1.54, 1.807) is 25.3 Å². The molecule has 0 bridgehead atoms. The third kappa shape index (κ3) is 3.94. The fraction of sp³-hybridized carbons (Fsp3) is 0.400. The zero-order chi connectivity index (χ0) is 26.3. The number of aromatic nitrogens is 1. The molecule has 3 aromatic rings. The Hall–Kier alpha value is -3.22. The minimum Gasteiger partial charge on any atom is -0.473 e. The van der Waals surface area contributed by atoms with Gasteiger partial charge in [0.1, 0.15) is 18.2 Å². The molecule has 2 aromatic carbocycles. The van der Waals surface area contributed by atoms with E-state index < -0.39 is 28.9 Å². The molecule has 7 heteroatoms. The Morgan fingerprint density at radius 3 is 2.59 bits per heavy atom. The molecule has 6 rings (SSSR count). The third-order valence-electron chi connectivity index (χ3n) is 8.51. The normalized spacial score (nSPS) is 24.8. The second kappa shape index (κ2) is 8.14. The highest BCUT2D eigenvalue weighted by atomic mass is 19.4. The first-order valence-corrected chi connectivity index (χ1v) is 12.6. The van der Waals surface area contributed by atoms with Gasteiger partial charge in [-0.15, -0.1) is 0 Å². The van der Waals surface area contributed by atoms with Crippen LogP contribution in [-0.4, -0.2) is 10.8 Å². The molecule has 4 atom stereocenters. The molecule has 0 N–H and O–H groups in total. The number of alkyl halides is 3. The predicted molar refractivity (Wildman–Crippen MR) is 130 cm³/mol. The summed E-state index contributed by atoms with van der Waals surface area (Å²) in [7, 11) is 0. The van der Waals surface area contributed by atoms with Gasteiger partial charge in [-0.05, 0) is 83.0 Å². The summed E-state index contributed by atoms with van der Waals surface area (Å²) in [5, 5.41) is 0. The molecule has 0 spiro atoms. The van der Waals surface area contributed by atoms with E-state index in [4.69, 9.17) is 4.74 Å². The fourth-order valence-corrected chi connectivity index (χ4v) is 6.74. The molecule has 37 heavy (non-hydrogen) atoms. The SMILES string of the molecule is CC(=O)[C@H]1[C@@H]2Cc3cc(OCc4cc5c(cc4F)C(C)(C)CC5c4ccccc4C(F)(F)F)ncc3[C@@H]21. The van der Waals surface area contributed by atoms with Crippen LogP contribution in [0.2, 0.25) is 0 Å². The monoisotopic (exact) mass is 509 g/mol. The summed E-state index contributed by atoms with van der Waals surface area (Å²) in [5.41, 5.74) is 3.00. The van der Waals surface area contributed by atoms with Crippen LogP contribution in [0.25, 0.3) is 0 Å². The number of fused-ring (bicyclic) bond motifs is 4. The van der Waals surface area contributed by atoms with Crippen LogP contribution in [0, 0.1) is 17.7 Å². The molecular formula is C30H27F4NO2. The minimum absolute atomic E-state index is 0.0815. The van der Waals surface area contributed by atoms with Crippen LogP contribution in [0.5, 0.6) is 5.88 Å². The molecule has 3 aliphatic rings. The number of halogens is 4. The Morgan fingerprint density at radius 2 is 1.86 bits per heavy atom. The van der Waals surface area contributed by atoms with Crippen molar-refractivity contribution < 1.29 is 27.1 Å². The lowest BCUT2D eigenvalue weighted by Crippen LogP contribution is -2.14. The lowest BCUT2D eigenvalue weighted by molar-refractivity contribution is -0.138. The van der Waals surface area contributed by atoms with E-state index >= 15 is 4.39 Å². The maximum Gasteiger partial charge on any atom is 0.416 e. The molecule has 192 valence electrons. The number of benzene rings is 2. The molecular weight excluding hydrogens is 482 g/mol. The maximum atomic E-state index is 15.2. The van der Waals surface area contributed by atoms with Crippen LogP contribution in [0.3, 0.4) is 0 Å². The summed E-state index contributed by atoms with van der Waals surface area (Å²) in [6, 6.07) is 10.6. The van der Waals surface area contributed by atoms with Gasteiger partial charge in [0.05, 0.1) is 5.56 Å². The van der Waals surface area contributed by atoms with Crippen molar-refractivity contribution in [1.29, 1.82) is 0 Å². The lowest BCUT2D eigenvalue weighted by atomic mass is 9.84. The van der Waals surface area contributed by atoms with Crippen molar-refractivity contribution in [3.8, 4) is 5.88 Å². The smallest absolute Gasteiger partial charge is 0.416 e. The van der Waals surface area contributed by atoms with Crippen LogP contribution >= 0.6 is 0 Å². The highest BCUT2D eigenvalue weighted by Gasteiger charge is 2.58. The van der Waals surface area contributed by atoms with Crippen molar-refractivity contribution in [2.24, 2.45) is 11.8 Å². The highest BCUT2D eigenvalue weighted by Crippen LogP contribution is 2.61. The minimum atomic E-state index is -4.47. The number of rotatable bonds is 5. The number of Topliss-reactive ketones (excluding diaryl/α,β-unsaturated/α-hetero) is 1. The molecule has 3 nitrogen and oxygen atoms in total. The zero-order valence-corrected chi connectivity index (χ0v) is 20.8. The summed E-state index contributed by atoms with van der Waals surface area (Å²) < 4.78 is 62.4. The molecule has 3 aliphatic carbocycles. The van der Waals surface area contributed by atoms with Gasteiger partial charge in [-0.1, -0.05) is 32.0 Å². The largest absolute Gasteiger partial charge is 0.473 e. The molecule has 1 fully saturated rings. The quantitative estimate of drug-likeness (QED) is 0.344. The van der Waals surface area contributed by atoms with Crippen LogP contribution in [0.4, 0.5) is 17.6 Å². The van der Waals surface area contributed by atoms with Crippen LogP contribution in [-0.2, 0) is 29.4 Å². The molecule has 0 radical (unpaired) electrons. The summed E-state index contributed by atoms with van der Waals surface area (Å²) in [6.45, 7) is 5.43. The third-order valence-corrected chi connectivity index (χ3v) is 8.51. The Bertz CT molecular complexity index is 1430. The number of carbonyl (C=O) groups is 1. The van der Waals surface area contributed by atoms with Gasteiger partial charge in [0.25, 0.3) is 0 Å². The first-order valence-electron chi connectivity index (χ1n) is 12.6. The van der Waals surface area contributed by atoms with E-state index in [2.05, 4.69) is 4.98 Å². The Labute approximate surface area is 212 Å². The van der Waals surface area contributed by atoms with Gasteiger partial charge in [0.15, 0.2) is 0 Å². The number of ether oxygens (including phenoxy) is 1. The van der Waals surface area contributed by atoms with Crippen LogP contribution in [0.15, 0.2) is 48.7 Å². The van der Waals surface area contributed by atoms with E-state index in [9.17, 15) is 18.0 Å². The number of hydrogen-bond donors (Lipinski definition) is 0. The van der Waals surface area contributed by atoms with Gasteiger partial charge in [0, 0.05) is 29.7 Å². The summed E-state index contributed by atoms with van der Waals surface area (Å²) in [5.74, 6) is 0.346. The van der Waals surface area contributed by atoms with Gasteiger partial charge < -0.3 is 4.74 Å². The summed E-state index contributed by atoms with van der Waals surface area (Å²) in [4.78, 5) is 16.1. The first-order chi connectivity index (χ1) is 17.5. The van der Waals surface area contributed by atoms with E-state index in [1.165, 1.54) is 18.2 Å². The van der Waals surface area contributed by atoms with Crippen molar-refractivity contribution in [2.45, 2.75) is 63.6 Å². The van der Waals surface area contributed by atoms with Crippen molar-refractivity contribution in [2.75, 3.05) is 0 Å². The van der Waals surface area contributed by atoms with Gasteiger partial charge in [-0.25, -0.2) is 9.37 Å². The van der Waals surface area contributed by atoms with Crippen molar-refractivity contribution in [1.82, 2.24) is 4.98 Å². The lowest BCUT2D eigenvalue weighted by Gasteiger charge is -2.21. The molecule has 1 heterocycles. The van der Waals surface area contributed by atoms with E-state index in [-0.39, 0.29) is 35.4 Å². The number of ketones is 1. The highest BCUT2D eigenvalue weighted by molar-refractivity contribution is 5.84. The van der Waals surface area contributed by atoms with Gasteiger partial charge in [-0.3, -0.25) is 4.79 Å². The number of nitrogens with zero attached hydrogens (tertiary/aromatic N) is 1. The molecule has 0 amide bonds. The average molecular weight is 510 g/mol. The molecule has 1 aromatic heterocycles. The zero-order valence-electron chi connectivity index (χ0n) is 20.8. The number of hydrogen-bond acceptors (Lipinski definition) is 3. The second-order valence-corrected chi connectivity index (χ2v) is 11.3. The van der Waals surface area contributed by atoms with E-state index in [0.29, 0.717) is 23.8 Å². The van der Waals surface area contributed by atoms with Crippen LogP contribution in [0.1, 0.15) is 78.0 Å².